The van der Waals surface area contributed by atoms with Crippen molar-refractivity contribution in [2.45, 2.75) is 65.5 Å². The maximum absolute atomic E-state index is 10.2. The molecule has 0 saturated carbocycles. The quantitative estimate of drug-likeness (QED) is 0.770. The SMILES string of the molecule is CCCC(O)(CC)C(C)=NC(C)C.[Sm]. The fraction of sp³-hybridized carbons (Fsp3) is 0.909. The van der Waals surface area contributed by atoms with Gasteiger partial charge in [0, 0.05) is 52.1 Å². The van der Waals surface area contributed by atoms with Gasteiger partial charge in [-0.05, 0) is 33.6 Å². The zero-order valence-electron chi connectivity index (χ0n) is 10.0. The Morgan fingerprint density at radius 3 is 2.14 bits per heavy atom. The monoisotopic (exact) mass is 337 g/mol. The largest absolute Gasteiger partial charge is 0.384 e. The van der Waals surface area contributed by atoms with Gasteiger partial charge in [0.2, 0.25) is 0 Å². The first kappa shape index (κ1) is 17.4. The van der Waals surface area contributed by atoms with Gasteiger partial charge in [-0.15, -0.1) is 0 Å². The summed E-state index contributed by atoms with van der Waals surface area (Å²) in [5, 5.41) is 10.2. The Hall–Kier alpha value is 0.968. The molecule has 14 heavy (non-hydrogen) atoms. The Kier molecular flexibility index (Phi) is 10.1. The van der Waals surface area contributed by atoms with Gasteiger partial charge in [0.05, 0.1) is 0 Å². The molecule has 0 bridgehead atoms. The van der Waals surface area contributed by atoms with Crippen LogP contribution in [0.2, 0.25) is 0 Å². The molecule has 0 aliphatic carbocycles. The van der Waals surface area contributed by atoms with Gasteiger partial charge in [-0.25, -0.2) is 0 Å². The average Bonchev–Trinajstić information content (AvgIpc) is 2.03. The van der Waals surface area contributed by atoms with Crippen molar-refractivity contribution in [3.8, 4) is 0 Å². The van der Waals surface area contributed by atoms with Gasteiger partial charge in [0.1, 0.15) is 5.60 Å². The number of aliphatic imine (C=N–C) groups is 1. The molecule has 0 saturated heterocycles. The van der Waals surface area contributed by atoms with Crippen LogP contribution in [0.5, 0.6) is 0 Å². The Morgan fingerprint density at radius 1 is 1.36 bits per heavy atom. The number of nitrogens with zero attached hydrogens (tertiary/aromatic N) is 1. The normalized spacial score (nSPS) is 16.4. The van der Waals surface area contributed by atoms with Crippen molar-refractivity contribution in [2.75, 3.05) is 0 Å². The topological polar surface area (TPSA) is 32.6 Å². The molecule has 0 aliphatic heterocycles. The van der Waals surface area contributed by atoms with E-state index < -0.39 is 5.60 Å². The molecule has 1 N–H and O–H groups in total. The first-order valence-electron chi connectivity index (χ1n) is 5.23. The minimum Gasteiger partial charge on any atom is -0.384 e. The Balaban J connectivity index is 0. The molecule has 1 atom stereocenters. The molecular formula is C11H23NOSm. The predicted molar refractivity (Wildman–Crippen MR) is 58.4 cm³/mol. The number of aliphatic hydroxyl groups is 1. The van der Waals surface area contributed by atoms with Crippen molar-refractivity contribution in [2.24, 2.45) is 4.99 Å². The van der Waals surface area contributed by atoms with E-state index in [4.69, 9.17) is 0 Å². The van der Waals surface area contributed by atoms with E-state index in [0.29, 0.717) is 0 Å². The van der Waals surface area contributed by atoms with Crippen LogP contribution in [0, 0.1) is 40.4 Å². The summed E-state index contributed by atoms with van der Waals surface area (Å²) >= 11 is 0. The third-order valence-electron chi connectivity index (χ3n) is 2.37. The fourth-order valence-electron chi connectivity index (χ4n) is 1.53. The molecule has 0 amide bonds. The summed E-state index contributed by atoms with van der Waals surface area (Å²) in [6.45, 7) is 10.1. The molecule has 0 aliphatic rings. The van der Waals surface area contributed by atoms with Crippen LogP contribution in [-0.2, 0) is 0 Å². The molecular weight excluding hydrogens is 312 g/mol. The number of hydrogen-bond acceptors (Lipinski definition) is 2. The summed E-state index contributed by atoms with van der Waals surface area (Å²) in [7, 11) is 0. The van der Waals surface area contributed by atoms with E-state index >= 15 is 0 Å². The molecule has 3 heteroatoms. The third kappa shape index (κ3) is 5.75. The molecule has 0 fully saturated rings. The predicted octanol–water partition coefficient (Wildman–Crippen LogP) is 2.80. The van der Waals surface area contributed by atoms with Gasteiger partial charge < -0.3 is 5.11 Å². The van der Waals surface area contributed by atoms with E-state index in [1.54, 1.807) is 0 Å². The van der Waals surface area contributed by atoms with Gasteiger partial charge >= 0.3 is 0 Å². The van der Waals surface area contributed by atoms with Crippen molar-refractivity contribution < 1.29 is 45.5 Å². The van der Waals surface area contributed by atoms with E-state index in [-0.39, 0.29) is 46.4 Å². The molecule has 1 unspecified atom stereocenters. The van der Waals surface area contributed by atoms with E-state index in [2.05, 4.69) is 11.9 Å². The smallest absolute Gasteiger partial charge is 0.102 e. The molecule has 0 rings (SSSR count). The number of hydrogen-bond donors (Lipinski definition) is 1. The maximum atomic E-state index is 10.2. The second-order valence-corrected chi connectivity index (χ2v) is 3.94. The maximum Gasteiger partial charge on any atom is 0.102 e. The minimum absolute atomic E-state index is 0. The minimum atomic E-state index is -0.668. The van der Waals surface area contributed by atoms with Gasteiger partial charge in [-0.1, -0.05) is 20.3 Å². The van der Waals surface area contributed by atoms with Crippen molar-refractivity contribution in [1.29, 1.82) is 0 Å². The summed E-state index contributed by atoms with van der Waals surface area (Å²) in [5.41, 5.74) is 0.214. The molecule has 0 spiro atoms. The zero-order valence-corrected chi connectivity index (χ0v) is 12.6. The Bertz CT molecular complexity index is 180. The molecule has 0 aromatic carbocycles. The summed E-state index contributed by atoms with van der Waals surface area (Å²) < 4.78 is 0. The summed E-state index contributed by atoms with van der Waals surface area (Å²) in [4.78, 5) is 4.41. The van der Waals surface area contributed by atoms with Crippen LogP contribution in [0.4, 0.5) is 0 Å². The summed E-state index contributed by atoms with van der Waals surface area (Å²) in [5.74, 6) is 0. The molecule has 0 aromatic heterocycles. The first-order chi connectivity index (χ1) is 5.96. The van der Waals surface area contributed by atoms with Crippen LogP contribution in [0.1, 0.15) is 53.9 Å². The van der Waals surface area contributed by atoms with Crippen molar-refractivity contribution in [3.63, 3.8) is 0 Å². The van der Waals surface area contributed by atoms with Crippen LogP contribution in [0.3, 0.4) is 0 Å². The van der Waals surface area contributed by atoms with Crippen LogP contribution in [0.25, 0.3) is 0 Å². The Labute approximate surface area is 121 Å². The summed E-state index contributed by atoms with van der Waals surface area (Å²) in [6, 6.07) is 0.273. The fourth-order valence-corrected chi connectivity index (χ4v) is 1.53. The molecule has 0 aromatic rings. The molecule has 2 nitrogen and oxygen atoms in total. The standard InChI is InChI=1S/C11H23NO.Sm/c1-6-8-11(13,7-2)10(5)12-9(3)4;/h9,13H,6-8H2,1-5H3;. The Morgan fingerprint density at radius 2 is 1.86 bits per heavy atom. The van der Waals surface area contributed by atoms with Gasteiger partial charge in [0.15, 0.2) is 0 Å². The van der Waals surface area contributed by atoms with Crippen LogP contribution in [-0.4, -0.2) is 22.5 Å². The summed E-state index contributed by atoms with van der Waals surface area (Å²) in [6.07, 6.45) is 2.56. The van der Waals surface area contributed by atoms with E-state index in [1.165, 1.54) is 0 Å². The van der Waals surface area contributed by atoms with Gasteiger partial charge in [-0.3, -0.25) is 4.99 Å². The third-order valence-corrected chi connectivity index (χ3v) is 2.37. The first-order valence-corrected chi connectivity index (χ1v) is 5.23. The van der Waals surface area contributed by atoms with E-state index in [1.807, 2.05) is 27.7 Å². The van der Waals surface area contributed by atoms with Gasteiger partial charge in [-0.2, -0.15) is 0 Å². The van der Waals surface area contributed by atoms with E-state index in [0.717, 1.165) is 25.0 Å². The van der Waals surface area contributed by atoms with Gasteiger partial charge in [0.25, 0.3) is 0 Å². The molecule has 84 valence electrons. The molecule has 0 radical (unpaired) electrons. The van der Waals surface area contributed by atoms with Crippen molar-refractivity contribution in [1.82, 2.24) is 0 Å². The van der Waals surface area contributed by atoms with Crippen LogP contribution >= 0.6 is 0 Å². The van der Waals surface area contributed by atoms with Crippen molar-refractivity contribution in [3.05, 3.63) is 0 Å². The zero-order chi connectivity index (χ0) is 10.5. The van der Waals surface area contributed by atoms with Crippen LogP contribution < -0.4 is 0 Å². The van der Waals surface area contributed by atoms with Crippen LogP contribution in [0.15, 0.2) is 4.99 Å². The second kappa shape index (κ2) is 8.16. The van der Waals surface area contributed by atoms with E-state index in [9.17, 15) is 5.11 Å². The van der Waals surface area contributed by atoms with Crippen molar-refractivity contribution >= 4 is 5.71 Å². The second-order valence-electron chi connectivity index (χ2n) is 3.94. The molecule has 0 heterocycles. The number of rotatable bonds is 5. The average molecular weight is 336 g/mol.